The van der Waals surface area contributed by atoms with Gasteiger partial charge in [0.15, 0.2) is 0 Å². The van der Waals surface area contributed by atoms with Crippen LogP contribution in [-0.2, 0) is 19.0 Å². The van der Waals surface area contributed by atoms with Crippen LogP contribution in [0.5, 0.6) is 0 Å². The zero-order valence-electron chi connectivity index (χ0n) is 12.9. The Balaban J connectivity index is 4.40. The van der Waals surface area contributed by atoms with E-state index in [-0.39, 0.29) is 0 Å². The first-order valence-corrected chi connectivity index (χ1v) is 8.19. The van der Waals surface area contributed by atoms with Gasteiger partial charge in [0, 0.05) is 13.6 Å². The summed E-state index contributed by atoms with van der Waals surface area (Å²) in [6, 6.07) is 0. The summed E-state index contributed by atoms with van der Waals surface area (Å²) in [7, 11) is -1.93. The largest absolute Gasteiger partial charge is 0.444 e. The van der Waals surface area contributed by atoms with Gasteiger partial charge in [-0.25, -0.2) is 4.79 Å². The van der Waals surface area contributed by atoms with Crippen LogP contribution < -0.4 is 0 Å². The first kappa shape index (κ1) is 18.9. The number of rotatable bonds is 7. The molecule has 0 rings (SSSR count). The maximum atomic E-state index is 11.7. The van der Waals surface area contributed by atoms with Gasteiger partial charge < -0.3 is 9.64 Å². The molecule has 0 fully saturated rings. The molecule has 7 heteroatoms. The molecule has 1 unspecified atom stereocenters. The average Bonchev–Trinajstić information content (AvgIpc) is 2.21. The van der Waals surface area contributed by atoms with Crippen molar-refractivity contribution in [3.05, 3.63) is 12.7 Å². The van der Waals surface area contributed by atoms with Crippen molar-refractivity contribution in [3.63, 3.8) is 0 Å². The minimum Gasteiger partial charge on any atom is -0.444 e. The highest BCUT2D eigenvalue weighted by Gasteiger charge is 2.21. The van der Waals surface area contributed by atoms with Crippen LogP contribution in [0.15, 0.2) is 12.7 Å². The van der Waals surface area contributed by atoms with Crippen LogP contribution in [0.4, 0.5) is 4.79 Å². The Morgan fingerprint density at radius 2 is 1.95 bits per heavy atom. The van der Waals surface area contributed by atoms with Gasteiger partial charge in [0.1, 0.15) is 5.60 Å². The van der Waals surface area contributed by atoms with Gasteiger partial charge in [-0.05, 0) is 33.6 Å². The van der Waals surface area contributed by atoms with Crippen molar-refractivity contribution in [1.29, 1.82) is 0 Å². The zero-order chi connectivity index (χ0) is 16.0. The fraction of sp³-hybridized carbons (Fsp3) is 0.769. The Morgan fingerprint density at radius 1 is 1.40 bits per heavy atom. The highest BCUT2D eigenvalue weighted by atomic mass is 32.2. The van der Waals surface area contributed by atoms with Crippen molar-refractivity contribution in [3.8, 4) is 0 Å². The molecule has 6 nitrogen and oxygen atoms in total. The summed E-state index contributed by atoms with van der Waals surface area (Å²) in [5, 5.41) is 0. The van der Waals surface area contributed by atoms with E-state index >= 15 is 0 Å². The SMILES string of the molecule is C=CCC(CCN(C)C(=O)OC(C)(C)C)OS(C)(=O)=O. The van der Waals surface area contributed by atoms with E-state index in [1.807, 2.05) is 0 Å². The number of amides is 1. The second kappa shape index (κ2) is 7.64. The lowest BCUT2D eigenvalue weighted by Crippen LogP contribution is -2.36. The van der Waals surface area contributed by atoms with Crippen molar-refractivity contribution in [2.45, 2.75) is 45.3 Å². The second-order valence-electron chi connectivity index (χ2n) is 5.64. The van der Waals surface area contributed by atoms with Crippen LogP contribution in [0, 0.1) is 0 Å². The average molecular weight is 307 g/mol. The Labute approximate surface area is 121 Å². The molecule has 0 heterocycles. The van der Waals surface area contributed by atoms with E-state index in [1.54, 1.807) is 33.9 Å². The van der Waals surface area contributed by atoms with E-state index in [1.165, 1.54) is 4.90 Å². The first-order valence-electron chi connectivity index (χ1n) is 6.38. The molecule has 20 heavy (non-hydrogen) atoms. The van der Waals surface area contributed by atoms with Gasteiger partial charge in [-0.1, -0.05) is 6.08 Å². The van der Waals surface area contributed by atoms with Crippen LogP contribution >= 0.6 is 0 Å². The van der Waals surface area contributed by atoms with Gasteiger partial charge in [0.2, 0.25) is 0 Å². The number of nitrogens with zero attached hydrogens (tertiary/aromatic N) is 1. The van der Waals surface area contributed by atoms with Crippen molar-refractivity contribution >= 4 is 16.2 Å². The Kier molecular flexibility index (Phi) is 7.22. The number of hydrogen-bond acceptors (Lipinski definition) is 5. The van der Waals surface area contributed by atoms with Crippen LogP contribution in [0.1, 0.15) is 33.6 Å². The molecule has 0 aromatic rings. The Morgan fingerprint density at radius 3 is 2.35 bits per heavy atom. The van der Waals surface area contributed by atoms with Gasteiger partial charge in [-0.2, -0.15) is 8.42 Å². The van der Waals surface area contributed by atoms with Crippen LogP contribution in [0.25, 0.3) is 0 Å². The van der Waals surface area contributed by atoms with E-state index in [0.29, 0.717) is 19.4 Å². The lowest BCUT2D eigenvalue weighted by atomic mass is 10.2. The Hall–Kier alpha value is -1.08. The van der Waals surface area contributed by atoms with Gasteiger partial charge in [0.25, 0.3) is 10.1 Å². The fourth-order valence-electron chi connectivity index (χ4n) is 1.41. The normalized spacial score (nSPS) is 13.7. The third kappa shape index (κ3) is 9.80. The summed E-state index contributed by atoms with van der Waals surface area (Å²) in [4.78, 5) is 13.1. The van der Waals surface area contributed by atoms with Gasteiger partial charge >= 0.3 is 6.09 Å². The highest BCUT2D eigenvalue weighted by Crippen LogP contribution is 2.12. The summed E-state index contributed by atoms with van der Waals surface area (Å²) < 4.78 is 32.4. The van der Waals surface area contributed by atoms with Gasteiger partial charge in [-0.15, -0.1) is 6.58 Å². The number of hydrogen-bond donors (Lipinski definition) is 0. The predicted octanol–water partition coefficient (Wildman–Crippen LogP) is 2.16. The number of ether oxygens (including phenoxy) is 1. The molecule has 0 N–H and O–H groups in total. The first-order chi connectivity index (χ1) is 8.94. The standard InChI is InChI=1S/C13H25NO5S/c1-7-8-11(19-20(6,16)17)9-10-14(5)12(15)18-13(2,3)4/h7,11H,1,8-10H2,2-6H3. The van der Waals surface area contributed by atoms with E-state index in [2.05, 4.69) is 6.58 Å². The molecular formula is C13H25NO5S. The molecule has 1 atom stereocenters. The van der Waals surface area contributed by atoms with Crippen molar-refractivity contribution < 1.29 is 22.1 Å². The van der Waals surface area contributed by atoms with E-state index in [9.17, 15) is 13.2 Å². The number of carbonyl (C=O) groups is 1. The third-order valence-electron chi connectivity index (χ3n) is 2.23. The van der Waals surface area contributed by atoms with Crippen molar-refractivity contribution in [2.24, 2.45) is 0 Å². The minimum atomic E-state index is -3.52. The van der Waals surface area contributed by atoms with E-state index < -0.39 is 27.9 Å². The topological polar surface area (TPSA) is 72.9 Å². The molecule has 0 aliphatic rings. The lowest BCUT2D eigenvalue weighted by Gasteiger charge is -2.25. The molecule has 1 amide bonds. The Bertz CT molecular complexity index is 425. The molecule has 0 saturated heterocycles. The molecule has 0 aromatic heterocycles. The summed E-state index contributed by atoms with van der Waals surface area (Å²) in [6.45, 7) is 9.25. The van der Waals surface area contributed by atoms with Crippen molar-refractivity contribution in [2.75, 3.05) is 19.8 Å². The molecule has 0 spiro atoms. The van der Waals surface area contributed by atoms with E-state index in [0.717, 1.165) is 6.26 Å². The maximum Gasteiger partial charge on any atom is 0.410 e. The van der Waals surface area contributed by atoms with Gasteiger partial charge in [-0.3, -0.25) is 4.18 Å². The molecule has 118 valence electrons. The van der Waals surface area contributed by atoms with Crippen LogP contribution in [0.3, 0.4) is 0 Å². The zero-order valence-corrected chi connectivity index (χ0v) is 13.7. The lowest BCUT2D eigenvalue weighted by molar-refractivity contribution is 0.0281. The summed E-state index contributed by atoms with van der Waals surface area (Å²) in [5.41, 5.74) is -0.560. The molecule has 0 aliphatic carbocycles. The molecule has 0 bridgehead atoms. The predicted molar refractivity (Wildman–Crippen MR) is 78.0 cm³/mol. The summed E-state index contributed by atoms with van der Waals surface area (Å²) >= 11 is 0. The smallest absolute Gasteiger partial charge is 0.410 e. The maximum absolute atomic E-state index is 11.7. The molecule has 0 aromatic carbocycles. The quantitative estimate of drug-likeness (QED) is 0.532. The third-order valence-corrected chi connectivity index (χ3v) is 2.85. The fourth-order valence-corrected chi connectivity index (χ4v) is 2.08. The molecular weight excluding hydrogens is 282 g/mol. The monoisotopic (exact) mass is 307 g/mol. The highest BCUT2D eigenvalue weighted by molar-refractivity contribution is 7.86. The molecule has 0 aliphatic heterocycles. The molecule has 0 radical (unpaired) electrons. The molecule has 0 saturated carbocycles. The van der Waals surface area contributed by atoms with Gasteiger partial charge in [0.05, 0.1) is 12.4 Å². The second-order valence-corrected chi connectivity index (χ2v) is 7.24. The van der Waals surface area contributed by atoms with Crippen LogP contribution in [0.2, 0.25) is 0 Å². The summed E-state index contributed by atoms with van der Waals surface area (Å²) in [5.74, 6) is 0. The van der Waals surface area contributed by atoms with Crippen LogP contribution in [-0.4, -0.2) is 51.0 Å². The van der Waals surface area contributed by atoms with Crippen molar-refractivity contribution in [1.82, 2.24) is 4.90 Å². The number of carbonyl (C=O) groups excluding carboxylic acids is 1. The minimum absolute atomic E-state index is 0.336. The van der Waals surface area contributed by atoms with E-state index in [4.69, 9.17) is 8.92 Å². The summed E-state index contributed by atoms with van der Waals surface area (Å²) in [6.07, 6.45) is 2.40.